The van der Waals surface area contributed by atoms with Crippen molar-refractivity contribution in [3.63, 3.8) is 0 Å². The van der Waals surface area contributed by atoms with Crippen molar-refractivity contribution in [2.24, 2.45) is 0 Å². The molecule has 0 aliphatic heterocycles. The fraction of sp³-hybridized carbons (Fsp3) is 0. The summed E-state index contributed by atoms with van der Waals surface area (Å²) in [4.78, 5) is 0. The molecule has 0 heteroatoms. The van der Waals surface area contributed by atoms with Crippen molar-refractivity contribution in [2.75, 3.05) is 0 Å². The highest BCUT2D eigenvalue weighted by Crippen LogP contribution is 2.45. The molecule has 0 saturated carbocycles. The summed E-state index contributed by atoms with van der Waals surface area (Å²) in [6.07, 6.45) is 0. The maximum Gasteiger partial charge on any atom is -0.00262 e. The smallest absolute Gasteiger partial charge is 0.00262 e. The molecule has 0 radical (unpaired) electrons. The van der Waals surface area contributed by atoms with E-state index in [1.165, 1.54) is 109 Å². The predicted octanol–water partition coefficient (Wildman–Crippen LogP) is 15.8. The average molecular weight is 709 g/mol. The van der Waals surface area contributed by atoms with Crippen molar-refractivity contribution in [3.05, 3.63) is 218 Å². The van der Waals surface area contributed by atoms with E-state index < -0.39 is 0 Å². The van der Waals surface area contributed by atoms with Crippen LogP contribution in [0, 0.1) is 0 Å². The number of hydrogen-bond donors (Lipinski definition) is 0. The Bertz CT molecular complexity index is 3250. The highest BCUT2D eigenvalue weighted by atomic mass is 14.2. The second-order valence-corrected chi connectivity index (χ2v) is 14.8. The zero-order chi connectivity index (χ0) is 37.0. The first-order chi connectivity index (χ1) is 27.8. The van der Waals surface area contributed by atoms with Crippen molar-refractivity contribution in [1.82, 2.24) is 0 Å². The number of hydrogen-bond acceptors (Lipinski definition) is 0. The summed E-state index contributed by atoms with van der Waals surface area (Å²) in [5.41, 5.74) is 12.3. The van der Waals surface area contributed by atoms with Gasteiger partial charge in [-0.25, -0.2) is 0 Å². The van der Waals surface area contributed by atoms with Gasteiger partial charge in [0.15, 0.2) is 0 Å². The van der Waals surface area contributed by atoms with E-state index in [2.05, 4.69) is 218 Å². The highest BCUT2D eigenvalue weighted by Gasteiger charge is 2.18. The minimum absolute atomic E-state index is 1.20. The molecule has 0 saturated heterocycles. The van der Waals surface area contributed by atoms with Gasteiger partial charge in [-0.1, -0.05) is 194 Å². The molecule has 0 bridgehead atoms. The molecular formula is C56H36. The molecule has 260 valence electrons. The normalized spacial score (nSPS) is 11.6. The molecule has 0 heterocycles. The van der Waals surface area contributed by atoms with E-state index >= 15 is 0 Å². The summed E-state index contributed by atoms with van der Waals surface area (Å²) in [6.45, 7) is 0. The first-order valence-electron chi connectivity index (χ1n) is 19.4. The van der Waals surface area contributed by atoms with Gasteiger partial charge in [0.25, 0.3) is 0 Å². The van der Waals surface area contributed by atoms with Crippen LogP contribution in [0.15, 0.2) is 218 Å². The SMILES string of the molecule is c1cc(-c2cccc(-c3c4ccccc4c(-c4cccc(-c5cccc6ccccc56)c4)c4ccccc34)c2)cc(-c2ccc3ccc4ccccc4c3c2)c1. The van der Waals surface area contributed by atoms with Gasteiger partial charge in [-0.15, -0.1) is 0 Å². The highest BCUT2D eigenvalue weighted by molar-refractivity contribution is 6.21. The van der Waals surface area contributed by atoms with Crippen molar-refractivity contribution in [2.45, 2.75) is 0 Å². The summed E-state index contributed by atoms with van der Waals surface area (Å²) in [5, 5.41) is 12.7. The molecule has 0 aliphatic rings. The lowest BCUT2D eigenvalue weighted by molar-refractivity contribution is 1.59. The van der Waals surface area contributed by atoms with Crippen molar-refractivity contribution < 1.29 is 0 Å². The summed E-state index contributed by atoms with van der Waals surface area (Å²) >= 11 is 0. The number of rotatable bonds is 5. The summed E-state index contributed by atoms with van der Waals surface area (Å²) < 4.78 is 0. The minimum atomic E-state index is 1.20. The van der Waals surface area contributed by atoms with E-state index in [0.717, 1.165) is 0 Å². The van der Waals surface area contributed by atoms with Gasteiger partial charge < -0.3 is 0 Å². The fourth-order valence-electron chi connectivity index (χ4n) is 8.98. The van der Waals surface area contributed by atoms with Crippen LogP contribution in [0.25, 0.3) is 109 Å². The number of benzene rings is 11. The van der Waals surface area contributed by atoms with Gasteiger partial charge in [0.05, 0.1) is 0 Å². The van der Waals surface area contributed by atoms with Crippen LogP contribution in [0.5, 0.6) is 0 Å². The molecule has 0 amide bonds. The monoisotopic (exact) mass is 708 g/mol. The molecule has 0 nitrogen and oxygen atoms in total. The van der Waals surface area contributed by atoms with E-state index in [9.17, 15) is 0 Å². The maximum absolute atomic E-state index is 2.38. The zero-order valence-corrected chi connectivity index (χ0v) is 30.8. The first-order valence-corrected chi connectivity index (χ1v) is 19.4. The lowest BCUT2D eigenvalue weighted by Gasteiger charge is -2.19. The van der Waals surface area contributed by atoms with Gasteiger partial charge in [0.2, 0.25) is 0 Å². The second kappa shape index (κ2) is 13.2. The van der Waals surface area contributed by atoms with E-state index in [-0.39, 0.29) is 0 Å². The van der Waals surface area contributed by atoms with Crippen LogP contribution in [-0.4, -0.2) is 0 Å². The second-order valence-electron chi connectivity index (χ2n) is 14.8. The zero-order valence-electron chi connectivity index (χ0n) is 30.8. The Hall–Kier alpha value is -7.28. The van der Waals surface area contributed by atoms with E-state index in [1.54, 1.807) is 0 Å². The first kappa shape index (κ1) is 32.2. The Morgan fingerprint density at radius 2 is 0.536 bits per heavy atom. The maximum atomic E-state index is 2.38. The standard InChI is InChI=1S/C56H36/c1-3-22-47-37(13-1)15-12-28-49(47)44-19-11-21-46(35-44)56-52-26-7-5-24-50(52)55(51-25-6-8-27-53(51)56)45-20-10-18-42(34-45)40-16-9-17-41(33-40)43-32-31-39-30-29-38-14-2-4-23-48(38)54(39)36-43/h1-36H. The van der Waals surface area contributed by atoms with Crippen molar-refractivity contribution in [1.29, 1.82) is 0 Å². The lowest BCUT2D eigenvalue weighted by atomic mass is 9.84. The van der Waals surface area contributed by atoms with Crippen LogP contribution >= 0.6 is 0 Å². The van der Waals surface area contributed by atoms with Crippen LogP contribution < -0.4 is 0 Å². The van der Waals surface area contributed by atoms with Gasteiger partial charge in [0, 0.05) is 0 Å². The van der Waals surface area contributed by atoms with Gasteiger partial charge in [-0.05, 0) is 134 Å². The van der Waals surface area contributed by atoms with Gasteiger partial charge in [-0.2, -0.15) is 0 Å². The van der Waals surface area contributed by atoms with E-state index in [4.69, 9.17) is 0 Å². The lowest BCUT2D eigenvalue weighted by Crippen LogP contribution is -1.92. The summed E-state index contributed by atoms with van der Waals surface area (Å²) in [7, 11) is 0. The molecule has 0 aliphatic carbocycles. The molecule has 11 rings (SSSR count). The van der Waals surface area contributed by atoms with Crippen LogP contribution in [0.3, 0.4) is 0 Å². The molecule has 0 fully saturated rings. The Labute approximate surface area is 326 Å². The van der Waals surface area contributed by atoms with Gasteiger partial charge in [0.1, 0.15) is 0 Å². The van der Waals surface area contributed by atoms with Gasteiger partial charge >= 0.3 is 0 Å². The molecule has 0 atom stereocenters. The summed E-state index contributed by atoms with van der Waals surface area (Å²) in [5.74, 6) is 0. The van der Waals surface area contributed by atoms with Crippen LogP contribution in [0.4, 0.5) is 0 Å². The average Bonchev–Trinajstić information content (AvgIpc) is 3.28. The van der Waals surface area contributed by atoms with E-state index in [1.807, 2.05) is 0 Å². The number of fused-ring (bicyclic) bond motifs is 6. The van der Waals surface area contributed by atoms with Gasteiger partial charge in [-0.3, -0.25) is 0 Å². The molecular weight excluding hydrogens is 673 g/mol. The third kappa shape index (κ3) is 5.38. The Balaban J connectivity index is 1.05. The minimum Gasteiger partial charge on any atom is -0.0616 e. The molecule has 56 heavy (non-hydrogen) atoms. The van der Waals surface area contributed by atoms with Crippen LogP contribution in [0.2, 0.25) is 0 Å². The quantitative estimate of drug-likeness (QED) is 0.123. The predicted molar refractivity (Wildman–Crippen MR) is 241 cm³/mol. The van der Waals surface area contributed by atoms with Crippen LogP contribution in [-0.2, 0) is 0 Å². The largest absolute Gasteiger partial charge is 0.0616 e. The molecule has 0 unspecified atom stereocenters. The fourth-order valence-corrected chi connectivity index (χ4v) is 8.98. The van der Waals surface area contributed by atoms with Crippen molar-refractivity contribution in [3.8, 4) is 55.6 Å². The molecule has 0 aromatic heterocycles. The van der Waals surface area contributed by atoms with E-state index in [0.29, 0.717) is 0 Å². The third-order valence-corrected chi connectivity index (χ3v) is 11.6. The molecule has 11 aromatic carbocycles. The topological polar surface area (TPSA) is 0 Å². The Kier molecular flexibility index (Phi) is 7.60. The molecule has 0 N–H and O–H groups in total. The molecule has 0 spiro atoms. The Morgan fingerprint density at radius 1 is 0.179 bits per heavy atom. The van der Waals surface area contributed by atoms with Crippen molar-refractivity contribution >= 4 is 53.9 Å². The third-order valence-electron chi connectivity index (χ3n) is 11.6. The Morgan fingerprint density at radius 3 is 1.12 bits per heavy atom. The van der Waals surface area contributed by atoms with Crippen LogP contribution in [0.1, 0.15) is 0 Å². The molecule has 11 aromatic rings. The summed E-state index contributed by atoms with van der Waals surface area (Å²) in [6, 6.07) is 80.4.